The van der Waals surface area contributed by atoms with E-state index in [9.17, 15) is 13.2 Å². The summed E-state index contributed by atoms with van der Waals surface area (Å²) in [5, 5.41) is 2.97. The Hall–Kier alpha value is -2.45. The molecular formula is C22H29ClN2O5S. The molecule has 1 amide bonds. The number of hydrogen-bond donors (Lipinski definition) is 1. The normalized spacial score (nSPS) is 12.2. The molecule has 0 spiro atoms. The van der Waals surface area contributed by atoms with Crippen LogP contribution in [0, 0.1) is 0 Å². The fourth-order valence-corrected chi connectivity index (χ4v) is 4.55. The summed E-state index contributed by atoms with van der Waals surface area (Å²) in [6.07, 6.45) is 3.14. The number of carbonyl (C=O) groups excluding carboxylic acids is 1. The number of nitrogens with zero attached hydrogens (tertiary/aromatic N) is 1. The molecule has 9 heteroatoms. The average molecular weight is 469 g/mol. The number of aryl methyl sites for hydroxylation is 1. The summed E-state index contributed by atoms with van der Waals surface area (Å²) in [4.78, 5) is 12.6. The monoisotopic (exact) mass is 468 g/mol. The Morgan fingerprint density at radius 3 is 2.42 bits per heavy atom. The lowest BCUT2D eigenvalue weighted by atomic mass is 10.1. The summed E-state index contributed by atoms with van der Waals surface area (Å²) < 4.78 is 36.5. The van der Waals surface area contributed by atoms with Crippen molar-refractivity contribution in [3.63, 3.8) is 0 Å². The Bertz CT molecular complexity index is 980. The van der Waals surface area contributed by atoms with Gasteiger partial charge in [-0.3, -0.25) is 9.10 Å². The molecule has 0 aliphatic heterocycles. The molecule has 0 saturated carbocycles. The van der Waals surface area contributed by atoms with E-state index < -0.39 is 22.0 Å². The summed E-state index contributed by atoms with van der Waals surface area (Å²) >= 11 is 6.13. The first-order valence-corrected chi connectivity index (χ1v) is 12.2. The van der Waals surface area contributed by atoms with Crippen molar-refractivity contribution < 1.29 is 22.7 Å². The van der Waals surface area contributed by atoms with Crippen LogP contribution in [0.2, 0.25) is 5.02 Å². The lowest BCUT2D eigenvalue weighted by molar-refractivity contribution is -0.121. The molecular weight excluding hydrogens is 440 g/mol. The van der Waals surface area contributed by atoms with Crippen molar-refractivity contribution in [1.29, 1.82) is 0 Å². The first-order chi connectivity index (χ1) is 14.7. The van der Waals surface area contributed by atoms with Gasteiger partial charge in [0.25, 0.3) is 0 Å². The van der Waals surface area contributed by atoms with Crippen molar-refractivity contribution in [3.8, 4) is 11.5 Å². The summed E-state index contributed by atoms with van der Waals surface area (Å²) in [5.41, 5.74) is 1.52. The van der Waals surface area contributed by atoms with Gasteiger partial charge in [-0.25, -0.2) is 8.42 Å². The van der Waals surface area contributed by atoms with Gasteiger partial charge in [0.1, 0.15) is 24.1 Å². The van der Waals surface area contributed by atoms with Gasteiger partial charge in [-0.05, 0) is 49.2 Å². The number of rotatable bonds is 11. The van der Waals surface area contributed by atoms with Crippen molar-refractivity contribution in [2.45, 2.75) is 32.7 Å². The minimum atomic E-state index is -3.74. The van der Waals surface area contributed by atoms with Crippen LogP contribution >= 0.6 is 11.6 Å². The first-order valence-electron chi connectivity index (χ1n) is 9.99. The summed E-state index contributed by atoms with van der Waals surface area (Å²) in [6.45, 7) is 4.14. The van der Waals surface area contributed by atoms with Crippen LogP contribution in [0.15, 0.2) is 42.5 Å². The van der Waals surface area contributed by atoms with E-state index >= 15 is 0 Å². The van der Waals surface area contributed by atoms with Crippen LogP contribution in [-0.2, 0) is 21.2 Å². The minimum Gasteiger partial charge on any atom is -0.495 e. The van der Waals surface area contributed by atoms with E-state index in [1.807, 2.05) is 24.3 Å². The Morgan fingerprint density at radius 2 is 1.87 bits per heavy atom. The number of halogens is 1. The van der Waals surface area contributed by atoms with Crippen molar-refractivity contribution in [1.82, 2.24) is 5.32 Å². The van der Waals surface area contributed by atoms with E-state index in [0.29, 0.717) is 11.5 Å². The second-order valence-electron chi connectivity index (χ2n) is 7.09. The molecule has 2 aromatic carbocycles. The third-order valence-electron chi connectivity index (χ3n) is 4.61. The van der Waals surface area contributed by atoms with Gasteiger partial charge in [0.2, 0.25) is 15.9 Å². The molecule has 31 heavy (non-hydrogen) atoms. The van der Waals surface area contributed by atoms with Gasteiger partial charge in [-0.1, -0.05) is 37.1 Å². The second kappa shape index (κ2) is 11.2. The highest BCUT2D eigenvalue weighted by Gasteiger charge is 2.29. The smallest absolute Gasteiger partial charge is 0.243 e. The van der Waals surface area contributed by atoms with E-state index in [1.54, 1.807) is 12.1 Å². The molecule has 7 nitrogen and oxygen atoms in total. The van der Waals surface area contributed by atoms with Gasteiger partial charge in [0.15, 0.2) is 0 Å². The maximum atomic E-state index is 12.6. The molecule has 1 N–H and O–H groups in total. The maximum absolute atomic E-state index is 12.6. The molecule has 0 fully saturated rings. The second-order valence-corrected chi connectivity index (χ2v) is 9.35. The average Bonchev–Trinajstić information content (AvgIpc) is 2.71. The number of carbonyl (C=O) groups is 1. The largest absolute Gasteiger partial charge is 0.495 e. The van der Waals surface area contributed by atoms with Crippen LogP contribution in [-0.4, -0.2) is 46.9 Å². The number of methoxy groups -OCH3 is 1. The van der Waals surface area contributed by atoms with Crippen LogP contribution in [0.25, 0.3) is 0 Å². The molecule has 0 radical (unpaired) electrons. The molecule has 170 valence electrons. The number of sulfonamides is 1. The van der Waals surface area contributed by atoms with Gasteiger partial charge in [-0.2, -0.15) is 0 Å². The molecule has 1 atom stereocenters. The molecule has 2 rings (SSSR count). The fraction of sp³-hybridized carbons (Fsp3) is 0.409. The Kier molecular flexibility index (Phi) is 9.00. The molecule has 0 aliphatic carbocycles. The third-order valence-corrected chi connectivity index (χ3v) is 6.15. The zero-order valence-electron chi connectivity index (χ0n) is 18.2. The molecule has 0 aromatic heterocycles. The highest BCUT2D eigenvalue weighted by molar-refractivity contribution is 7.92. The molecule has 0 aliphatic rings. The Labute approximate surface area is 189 Å². The molecule has 0 bridgehead atoms. The highest BCUT2D eigenvalue weighted by Crippen LogP contribution is 2.31. The van der Waals surface area contributed by atoms with E-state index in [2.05, 4.69) is 12.2 Å². The molecule has 0 unspecified atom stereocenters. The number of anilines is 1. The van der Waals surface area contributed by atoms with Gasteiger partial charge in [-0.15, -0.1) is 0 Å². The van der Waals surface area contributed by atoms with E-state index in [-0.39, 0.29) is 23.9 Å². The van der Waals surface area contributed by atoms with Gasteiger partial charge < -0.3 is 14.8 Å². The Balaban J connectivity index is 1.98. The number of ether oxygens (including phenoxy) is 2. The minimum absolute atomic E-state index is 0.237. The number of amides is 1. The molecule has 0 saturated heterocycles. The number of hydrogen-bond acceptors (Lipinski definition) is 5. The van der Waals surface area contributed by atoms with Gasteiger partial charge in [0, 0.05) is 0 Å². The van der Waals surface area contributed by atoms with Gasteiger partial charge >= 0.3 is 0 Å². The molecule has 2 aromatic rings. The molecule has 0 heterocycles. The summed E-state index contributed by atoms with van der Waals surface area (Å²) in [6, 6.07) is 11.4. The quantitative estimate of drug-likeness (QED) is 0.509. The predicted molar refractivity (Wildman–Crippen MR) is 124 cm³/mol. The zero-order valence-corrected chi connectivity index (χ0v) is 19.8. The lowest BCUT2D eigenvalue weighted by Gasteiger charge is -2.28. The summed E-state index contributed by atoms with van der Waals surface area (Å²) in [7, 11) is -2.27. The van der Waals surface area contributed by atoms with Crippen molar-refractivity contribution >= 4 is 33.2 Å². The standard InChI is InChI=1S/C22H29ClN2O5S/c1-5-6-17-7-10-19(11-8-17)30-14-13-24-22(26)16(2)25(31(4,27)28)18-9-12-21(29-3)20(23)15-18/h7-12,15-16H,5-6,13-14H2,1-4H3,(H,24,26)/t16-/m0/s1. The van der Waals surface area contributed by atoms with Crippen molar-refractivity contribution in [3.05, 3.63) is 53.1 Å². The Morgan fingerprint density at radius 1 is 1.19 bits per heavy atom. The van der Waals surface area contributed by atoms with Crippen LogP contribution in [0.4, 0.5) is 5.69 Å². The topological polar surface area (TPSA) is 84.9 Å². The summed E-state index contributed by atoms with van der Waals surface area (Å²) in [5.74, 6) is 0.683. The highest BCUT2D eigenvalue weighted by atomic mass is 35.5. The predicted octanol–water partition coefficient (Wildman–Crippen LogP) is 3.65. The number of benzene rings is 2. The van der Waals surface area contributed by atoms with Crippen molar-refractivity contribution in [2.24, 2.45) is 0 Å². The zero-order chi connectivity index (χ0) is 23.0. The van der Waals surface area contributed by atoms with Crippen LogP contribution in [0.5, 0.6) is 11.5 Å². The maximum Gasteiger partial charge on any atom is 0.243 e. The van der Waals surface area contributed by atoms with Crippen LogP contribution < -0.4 is 19.1 Å². The van der Waals surface area contributed by atoms with E-state index in [1.165, 1.54) is 25.7 Å². The van der Waals surface area contributed by atoms with Crippen molar-refractivity contribution in [2.75, 3.05) is 30.8 Å². The first kappa shape index (κ1) is 24.8. The van der Waals surface area contributed by atoms with Gasteiger partial charge in [0.05, 0.1) is 30.6 Å². The van der Waals surface area contributed by atoms with E-state index in [0.717, 1.165) is 23.4 Å². The van der Waals surface area contributed by atoms with Crippen LogP contribution in [0.3, 0.4) is 0 Å². The van der Waals surface area contributed by atoms with Crippen LogP contribution in [0.1, 0.15) is 25.8 Å². The lowest BCUT2D eigenvalue weighted by Crippen LogP contribution is -2.48. The fourth-order valence-electron chi connectivity index (χ4n) is 3.13. The number of nitrogens with one attached hydrogen (secondary N) is 1. The van der Waals surface area contributed by atoms with E-state index in [4.69, 9.17) is 21.1 Å². The third kappa shape index (κ3) is 7.04. The SMILES string of the molecule is CCCc1ccc(OCCNC(=O)[C@H](C)N(c2ccc(OC)c(Cl)c2)S(C)(=O)=O)cc1.